The van der Waals surface area contributed by atoms with Gasteiger partial charge in [0, 0.05) is 24.9 Å². The number of ether oxygens (including phenoxy) is 1. The third kappa shape index (κ3) is 4.09. The Morgan fingerprint density at radius 1 is 1.32 bits per heavy atom. The Bertz CT molecular complexity index is 1130. The molecule has 144 valence electrons. The van der Waals surface area contributed by atoms with Crippen molar-refractivity contribution in [3.05, 3.63) is 79.3 Å². The number of anilines is 1. The predicted molar refractivity (Wildman–Crippen MR) is 103 cm³/mol. The molecular weight excluding hydrogens is 388 g/mol. The Labute approximate surface area is 163 Å². The zero-order valence-corrected chi connectivity index (χ0v) is 15.5. The minimum atomic E-state index is -0.760. The molecule has 1 aromatic carbocycles. The predicted octanol–water partition coefficient (Wildman–Crippen LogP) is 3.04. The van der Waals surface area contributed by atoms with E-state index in [2.05, 4.69) is 10.3 Å². The van der Waals surface area contributed by atoms with E-state index in [0.717, 1.165) is 6.07 Å². The van der Waals surface area contributed by atoms with Crippen molar-refractivity contribution in [2.75, 3.05) is 11.9 Å². The summed E-state index contributed by atoms with van der Waals surface area (Å²) in [6.07, 6.45) is 1.44. The fourth-order valence-corrected chi connectivity index (χ4v) is 2.73. The Balaban J connectivity index is 1.80. The first-order valence-electron chi connectivity index (χ1n) is 8.26. The lowest BCUT2D eigenvalue weighted by molar-refractivity contribution is -0.384. The summed E-state index contributed by atoms with van der Waals surface area (Å²) in [5.41, 5.74) is 0.344. The van der Waals surface area contributed by atoms with Crippen molar-refractivity contribution >= 4 is 34.6 Å². The smallest absolute Gasteiger partial charge is 0.338 e. The number of nitro benzene ring substituents is 1. The third-order valence-electron chi connectivity index (χ3n) is 3.83. The number of nitrogens with zero attached hydrogens (tertiary/aromatic N) is 3. The number of esters is 1. The van der Waals surface area contributed by atoms with Gasteiger partial charge in [-0.1, -0.05) is 11.6 Å². The molecule has 0 unspecified atom stereocenters. The number of benzene rings is 1. The standard InChI is InChI=1S/C18H15ClN4O5/c1-2-20-14-5-3-11(7-15(14)23(26)27)18(25)28-10-13-8-17(24)22-9-12(19)4-6-16(22)21-13/h3-9,20H,2,10H2,1H3. The molecule has 0 radical (unpaired) electrons. The molecule has 0 fully saturated rings. The van der Waals surface area contributed by atoms with Gasteiger partial charge in [-0.2, -0.15) is 0 Å². The fraction of sp³-hybridized carbons (Fsp3) is 0.167. The van der Waals surface area contributed by atoms with Gasteiger partial charge in [-0.05, 0) is 31.2 Å². The van der Waals surface area contributed by atoms with Crippen molar-refractivity contribution in [2.24, 2.45) is 0 Å². The summed E-state index contributed by atoms with van der Waals surface area (Å²) < 4.78 is 6.43. The average Bonchev–Trinajstić information content (AvgIpc) is 2.67. The van der Waals surface area contributed by atoms with Gasteiger partial charge in [-0.15, -0.1) is 0 Å². The first-order chi connectivity index (χ1) is 13.4. The van der Waals surface area contributed by atoms with Crippen molar-refractivity contribution in [3.63, 3.8) is 0 Å². The van der Waals surface area contributed by atoms with Gasteiger partial charge in [-0.3, -0.25) is 19.3 Å². The fourth-order valence-electron chi connectivity index (χ4n) is 2.57. The van der Waals surface area contributed by atoms with Crippen molar-refractivity contribution in [1.29, 1.82) is 0 Å². The second-order valence-electron chi connectivity index (χ2n) is 5.76. The molecular formula is C18H15ClN4O5. The molecule has 10 heteroatoms. The van der Waals surface area contributed by atoms with Gasteiger partial charge in [0.1, 0.15) is 17.9 Å². The molecule has 0 amide bonds. The SMILES string of the molecule is CCNc1ccc(C(=O)OCc2cc(=O)n3cc(Cl)ccc3n2)cc1[N+](=O)[O-]. The van der Waals surface area contributed by atoms with Crippen LogP contribution in [0.2, 0.25) is 5.02 Å². The lowest BCUT2D eigenvalue weighted by atomic mass is 10.1. The van der Waals surface area contributed by atoms with E-state index in [9.17, 15) is 19.7 Å². The summed E-state index contributed by atoms with van der Waals surface area (Å²) in [5.74, 6) is -0.760. The molecule has 0 aliphatic rings. The molecule has 0 aliphatic heterocycles. The molecule has 2 heterocycles. The topological polar surface area (TPSA) is 116 Å². The number of halogens is 1. The number of pyridine rings is 1. The van der Waals surface area contributed by atoms with Crippen LogP contribution in [-0.4, -0.2) is 26.8 Å². The summed E-state index contributed by atoms with van der Waals surface area (Å²) >= 11 is 5.86. The van der Waals surface area contributed by atoms with Crippen LogP contribution in [0.5, 0.6) is 0 Å². The summed E-state index contributed by atoms with van der Waals surface area (Å²) in [4.78, 5) is 39.2. The van der Waals surface area contributed by atoms with Gasteiger partial charge in [-0.25, -0.2) is 9.78 Å². The number of carbonyl (C=O) groups excluding carboxylic acids is 1. The molecule has 0 atom stereocenters. The highest BCUT2D eigenvalue weighted by Crippen LogP contribution is 2.25. The first-order valence-corrected chi connectivity index (χ1v) is 8.64. The molecule has 0 bridgehead atoms. The van der Waals surface area contributed by atoms with Crippen LogP contribution in [-0.2, 0) is 11.3 Å². The maximum atomic E-state index is 12.3. The number of carbonyl (C=O) groups is 1. The zero-order chi connectivity index (χ0) is 20.3. The van der Waals surface area contributed by atoms with Gasteiger partial charge in [0.25, 0.3) is 11.2 Å². The normalized spacial score (nSPS) is 10.6. The second kappa shape index (κ2) is 8.05. The van der Waals surface area contributed by atoms with E-state index >= 15 is 0 Å². The van der Waals surface area contributed by atoms with Gasteiger partial charge < -0.3 is 10.1 Å². The monoisotopic (exact) mass is 402 g/mol. The van der Waals surface area contributed by atoms with Gasteiger partial charge >= 0.3 is 5.97 Å². The molecule has 1 N–H and O–H groups in total. The van der Waals surface area contributed by atoms with Crippen LogP contribution in [0, 0.1) is 10.1 Å². The highest BCUT2D eigenvalue weighted by molar-refractivity contribution is 6.30. The molecule has 3 rings (SSSR count). The van der Waals surface area contributed by atoms with Crippen LogP contribution >= 0.6 is 11.6 Å². The maximum Gasteiger partial charge on any atom is 0.338 e. The highest BCUT2D eigenvalue weighted by Gasteiger charge is 2.18. The van der Waals surface area contributed by atoms with E-state index in [1.807, 2.05) is 0 Å². The number of hydrogen-bond acceptors (Lipinski definition) is 7. The molecule has 28 heavy (non-hydrogen) atoms. The number of nitro groups is 1. The minimum Gasteiger partial charge on any atom is -0.456 e. The second-order valence-corrected chi connectivity index (χ2v) is 6.19. The number of aromatic nitrogens is 2. The molecule has 3 aromatic rings. The Morgan fingerprint density at radius 3 is 2.82 bits per heavy atom. The van der Waals surface area contributed by atoms with E-state index in [1.165, 1.54) is 28.8 Å². The number of nitrogens with one attached hydrogen (secondary N) is 1. The molecule has 2 aromatic heterocycles. The van der Waals surface area contributed by atoms with Crippen LogP contribution in [0.25, 0.3) is 5.65 Å². The Morgan fingerprint density at radius 2 is 2.11 bits per heavy atom. The molecule has 0 aliphatic carbocycles. The van der Waals surface area contributed by atoms with E-state index in [1.54, 1.807) is 19.1 Å². The number of hydrogen-bond donors (Lipinski definition) is 1. The van der Waals surface area contributed by atoms with Gasteiger partial charge in [0.05, 0.1) is 21.2 Å². The van der Waals surface area contributed by atoms with Crippen LogP contribution in [0.15, 0.2) is 47.4 Å². The summed E-state index contributed by atoms with van der Waals surface area (Å²) in [5, 5.41) is 14.4. The molecule has 0 saturated carbocycles. The number of rotatable bonds is 6. The molecule has 9 nitrogen and oxygen atoms in total. The maximum absolute atomic E-state index is 12.3. The van der Waals surface area contributed by atoms with Crippen molar-refractivity contribution < 1.29 is 14.5 Å². The average molecular weight is 403 g/mol. The Hall–Kier alpha value is -3.46. The molecule has 0 spiro atoms. The summed E-state index contributed by atoms with van der Waals surface area (Å²) in [6, 6.07) is 8.40. The van der Waals surface area contributed by atoms with E-state index in [4.69, 9.17) is 16.3 Å². The van der Waals surface area contributed by atoms with Crippen LogP contribution in [0.4, 0.5) is 11.4 Å². The van der Waals surface area contributed by atoms with E-state index in [-0.39, 0.29) is 29.1 Å². The lowest BCUT2D eigenvalue weighted by Gasteiger charge is -2.08. The molecule has 0 saturated heterocycles. The Kier molecular flexibility index (Phi) is 5.55. The van der Waals surface area contributed by atoms with Crippen molar-refractivity contribution in [3.8, 4) is 0 Å². The first kappa shape index (κ1) is 19.3. The van der Waals surface area contributed by atoms with Gasteiger partial charge in [0.15, 0.2) is 0 Å². The highest BCUT2D eigenvalue weighted by atomic mass is 35.5. The lowest BCUT2D eigenvalue weighted by Crippen LogP contribution is -2.16. The van der Waals surface area contributed by atoms with Crippen molar-refractivity contribution in [1.82, 2.24) is 9.38 Å². The van der Waals surface area contributed by atoms with Crippen LogP contribution in [0.3, 0.4) is 0 Å². The van der Waals surface area contributed by atoms with Crippen LogP contribution in [0.1, 0.15) is 23.0 Å². The third-order valence-corrected chi connectivity index (χ3v) is 4.05. The summed E-state index contributed by atoms with van der Waals surface area (Å²) in [7, 11) is 0. The van der Waals surface area contributed by atoms with Crippen molar-refractivity contribution in [2.45, 2.75) is 13.5 Å². The summed E-state index contributed by atoms with van der Waals surface area (Å²) in [6.45, 7) is 2.05. The quantitative estimate of drug-likeness (QED) is 0.382. The largest absolute Gasteiger partial charge is 0.456 e. The minimum absolute atomic E-state index is 0.0256. The van der Waals surface area contributed by atoms with Gasteiger partial charge in [0.2, 0.25) is 0 Å². The van der Waals surface area contributed by atoms with Crippen LogP contribution < -0.4 is 10.9 Å². The van der Waals surface area contributed by atoms with E-state index < -0.39 is 10.9 Å². The zero-order valence-electron chi connectivity index (χ0n) is 14.7. The number of fused-ring (bicyclic) bond motifs is 1. The van der Waals surface area contributed by atoms with E-state index in [0.29, 0.717) is 22.9 Å².